The summed E-state index contributed by atoms with van der Waals surface area (Å²) in [6, 6.07) is 10.1. The molecule has 2 aromatic rings. The second-order valence-corrected chi connectivity index (χ2v) is 9.05. The molecule has 2 aliphatic carbocycles. The van der Waals surface area contributed by atoms with Gasteiger partial charge in [0.1, 0.15) is 11.5 Å². The average molecular weight is 364 g/mol. The highest BCUT2D eigenvalue weighted by Crippen LogP contribution is 2.48. The van der Waals surface area contributed by atoms with Crippen LogP contribution < -0.4 is 5.32 Å². The molecular formula is C23H28N2O2. The van der Waals surface area contributed by atoms with Crippen molar-refractivity contribution in [2.45, 2.75) is 88.0 Å². The van der Waals surface area contributed by atoms with Crippen LogP contribution in [-0.2, 0) is 11.3 Å². The van der Waals surface area contributed by atoms with Crippen LogP contribution in [0.5, 0.6) is 0 Å². The van der Waals surface area contributed by atoms with E-state index in [1.165, 1.54) is 55.2 Å². The quantitative estimate of drug-likeness (QED) is 0.792. The molecule has 1 aromatic carbocycles. The summed E-state index contributed by atoms with van der Waals surface area (Å²) in [5, 5.41) is 8.26. The summed E-state index contributed by atoms with van der Waals surface area (Å²) in [4.78, 5) is 0. The molecule has 2 saturated heterocycles. The number of hydrogen-bond donors (Lipinski definition) is 1. The highest BCUT2D eigenvalue weighted by Gasteiger charge is 2.37. The molecule has 0 radical (unpaired) electrons. The molecule has 1 N–H and O–H groups in total. The van der Waals surface area contributed by atoms with Crippen molar-refractivity contribution in [3.8, 4) is 11.3 Å². The first-order valence-corrected chi connectivity index (χ1v) is 10.8. The monoisotopic (exact) mass is 364 g/mol. The van der Waals surface area contributed by atoms with Crippen LogP contribution >= 0.6 is 0 Å². The molecule has 1 aromatic heterocycles. The van der Waals surface area contributed by atoms with Crippen LogP contribution in [0, 0.1) is 0 Å². The summed E-state index contributed by atoms with van der Waals surface area (Å²) in [6.07, 6.45) is 10.3. The molecule has 2 aliphatic heterocycles. The maximum atomic E-state index is 6.46. The Balaban J connectivity index is 1.29. The molecule has 0 amide bonds. The van der Waals surface area contributed by atoms with Crippen molar-refractivity contribution in [3.05, 3.63) is 41.2 Å². The second-order valence-electron chi connectivity index (χ2n) is 9.05. The van der Waals surface area contributed by atoms with Gasteiger partial charge < -0.3 is 14.6 Å². The number of nitrogens with one attached hydrogen (secondary N) is 1. The summed E-state index contributed by atoms with van der Waals surface area (Å²) in [5.41, 5.74) is 4.96. The van der Waals surface area contributed by atoms with Crippen molar-refractivity contribution in [2.24, 2.45) is 0 Å². The minimum Gasteiger partial charge on any atom is -0.373 e. The predicted octanol–water partition coefficient (Wildman–Crippen LogP) is 4.90. The molecule has 27 heavy (non-hydrogen) atoms. The van der Waals surface area contributed by atoms with E-state index in [9.17, 15) is 0 Å². The van der Waals surface area contributed by atoms with Crippen LogP contribution in [0.2, 0.25) is 0 Å². The molecule has 4 fully saturated rings. The van der Waals surface area contributed by atoms with E-state index >= 15 is 0 Å². The van der Waals surface area contributed by atoms with E-state index in [2.05, 4.69) is 34.7 Å². The van der Waals surface area contributed by atoms with Crippen LogP contribution in [0.15, 0.2) is 28.8 Å². The number of ether oxygens (including phenoxy) is 1. The lowest BCUT2D eigenvalue weighted by molar-refractivity contribution is 0.00875. The fourth-order valence-corrected chi connectivity index (χ4v) is 5.14. The molecular weight excluding hydrogens is 336 g/mol. The van der Waals surface area contributed by atoms with Crippen molar-refractivity contribution in [3.63, 3.8) is 0 Å². The van der Waals surface area contributed by atoms with E-state index in [1.54, 1.807) is 0 Å². The first-order valence-electron chi connectivity index (χ1n) is 10.8. The van der Waals surface area contributed by atoms with E-state index in [0.29, 0.717) is 36.6 Å². The van der Waals surface area contributed by atoms with Gasteiger partial charge in [-0.15, -0.1) is 0 Å². The molecule has 2 bridgehead atoms. The topological polar surface area (TPSA) is 47.3 Å². The molecule has 4 aliphatic rings. The summed E-state index contributed by atoms with van der Waals surface area (Å²) in [7, 11) is 0. The Labute approximate surface area is 160 Å². The van der Waals surface area contributed by atoms with Crippen LogP contribution in [0.3, 0.4) is 0 Å². The fraction of sp³-hybridized carbons (Fsp3) is 0.609. The molecule has 4 heteroatoms. The lowest BCUT2D eigenvalue weighted by Gasteiger charge is -2.29. The van der Waals surface area contributed by atoms with Crippen molar-refractivity contribution < 1.29 is 9.26 Å². The Hall–Kier alpha value is -1.65. The van der Waals surface area contributed by atoms with Crippen LogP contribution in [-0.4, -0.2) is 23.3 Å². The predicted molar refractivity (Wildman–Crippen MR) is 104 cm³/mol. The summed E-state index contributed by atoms with van der Waals surface area (Å²) < 4.78 is 12.3. The van der Waals surface area contributed by atoms with Crippen molar-refractivity contribution in [1.82, 2.24) is 10.5 Å². The van der Waals surface area contributed by atoms with Crippen LogP contribution in [0.1, 0.15) is 80.1 Å². The third-order valence-corrected chi connectivity index (χ3v) is 6.89. The zero-order valence-corrected chi connectivity index (χ0v) is 15.8. The highest BCUT2D eigenvalue weighted by molar-refractivity contribution is 5.69. The van der Waals surface area contributed by atoms with Crippen molar-refractivity contribution in [2.75, 3.05) is 0 Å². The Bertz CT molecular complexity index is 825. The third-order valence-electron chi connectivity index (χ3n) is 6.89. The first kappa shape index (κ1) is 16.3. The number of hydrogen-bond acceptors (Lipinski definition) is 4. The van der Waals surface area contributed by atoms with Gasteiger partial charge in [-0.3, -0.25) is 0 Å². The summed E-state index contributed by atoms with van der Waals surface area (Å²) in [5.74, 6) is 2.35. The van der Waals surface area contributed by atoms with Crippen molar-refractivity contribution >= 4 is 0 Å². The Kier molecular flexibility index (Phi) is 3.90. The van der Waals surface area contributed by atoms with Gasteiger partial charge in [0.15, 0.2) is 0 Å². The van der Waals surface area contributed by atoms with Gasteiger partial charge in [0.2, 0.25) is 0 Å². The van der Waals surface area contributed by atoms with Gasteiger partial charge in [0, 0.05) is 29.1 Å². The highest BCUT2D eigenvalue weighted by atomic mass is 16.5. The molecule has 2 saturated carbocycles. The van der Waals surface area contributed by atoms with Crippen LogP contribution in [0.25, 0.3) is 11.3 Å². The number of nitrogens with zero attached hydrogens (tertiary/aromatic N) is 1. The van der Waals surface area contributed by atoms with Gasteiger partial charge >= 0.3 is 0 Å². The minimum atomic E-state index is 0.372. The second kappa shape index (κ2) is 6.46. The van der Waals surface area contributed by atoms with E-state index in [1.807, 2.05) is 0 Å². The molecule has 3 atom stereocenters. The minimum absolute atomic E-state index is 0.372. The standard InChI is InChI=1S/C23H28N2O2/c1-2-4-20(19(3-1)14-5-6-14)22-21(23(27-25-22)15-7-8-15)13-26-18-11-16-9-10-17(12-18)24-16/h1-4,14-18,24H,5-13H2/t16-,17?,18?/m0/s1. The Morgan fingerprint density at radius 1 is 0.963 bits per heavy atom. The van der Waals surface area contributed by atoms with E-state index < -0.39 is 0 Å². The average Bonchev–Trinajstić information content (AvgIpc) is 3.62. The summed E-state index contributed by atoms with van der Waals surface area (Å²) in [6.45, 7) is 0.647. The molecule has 0 spiro atoms. The van der Waals surface area contributed by atoms with E-state index in [-0.39, 0.29) is 0 Å². The molecule has 6 rings (SSSR count). The smallest absolute Gasteiger partial charge is 0.145 e. The largest absolute Gasteiger partial charge is 0.373 e. The number of fused-ring (bicyclic) bond motifs is 2. The Morgan fingerprint density at radius 3 is 2.44 bits per heavy atom. The lowest BCUT2D eigenvalue weighted by Crippen LogP contribution is -2.41. The number of piperidine rings is 1. The molecule has 4 nitrogen and oxygen atoms in total. The van der Waals surface area contributed by atoms with Gasteiger partial charge in [-0.1, -0.05) is 29.4 Å². The molecule has 3 heterocycles. The zero-order chi connectivity index (χ0) is 17.8. The van der Waals surface area contributed by atoms with E-state index in [0.717, 1.165) is 24.3 Å². The van der Waals surface area contributed by atoms with Gasteiger partial charge in [-0.2, -0.15) is 0 Å². The lowest BCUT2D eigenvalue weighted by atomic mass is 9.97. The van der Waals surface area contributed by atoms with Gasteiger partial charge in [-0.05, 0) is 62.8 Å². The van der Waals surface area contributed by atoms with Crippen molar-refractivity contribution in [1.29, 1.82) is 0 Å². The van der Waals surface area contributed by atoms with Gasteiger partial charge in [-0.25, -0.2) is 0 Å². The third kappa shape index (κ3) is 3.13. The SMILES string of the molecule is c1ccc(C2CC2)c(-c2noc(C3CC3)c2COC2CC3CC[C@@H](C2)N3)c1. The zero-order valence-electron chi connectivity index (χ0n) is 15.8. The molecule has 142 valence electrons. The maximum absolute atomic E-state index is 6.46. The normalized spacial score (nSPS) is 30.0. The van der Waals surface area contributed by atoms with E-state index in [4.69, 9.17) is 9.26 Å². The van der Waals surface area contributed by atoms with Gasteiger partial charge in [0.05, 0.1) is 12.7 Å². The molecule has 2 unspecified atom stereocenters. The summed E-state index contributed by atoms with van der Waals surface area (Å²) >= 11 is 0. The fourth-order valence-electron chi connectivity index (χ4n) is 5.14. The first-order chi connectivity index (χ1) is 13.3. The van der Waals surface area contributed by atoms with Crippen LogP contribution in [0.4, 0.5) is 0 Å². The van der Waals surface area contributed by atoms with Gasteiger partial charge in [0.25, 0.3) is 0 Å². The number of rotatable bonds is 6. The maximum Gasteiger partial charge on any atom is 0.145 e. The number of aromatic nitrogens is 1. The Morgan fingerprint density at radius 2 is 1.70 bits per heavy atom. The number of benzene rings is 1.